The summed E-state index contributed by atoms with van der Waals surface area (Å²) in [5.74, 6) is 0.932. The van der Waals surface area contributed by atoms with Gasteiger partial charge in [-0.1, -0.05) is 35.1 Å². The molecule has 1 saturated heterocycles. The number of piperazine rings is 1. The van der Waals surface area contributed by atoms with Crippen molar-refractivity contribution in [2.45, 2.75) is 6.92 Å². The second kappa shape index (κ2) is 6.73. The quantitative estimate of drug-likeness (QED) is 0.671. The molecular formula is C19H20ClN3OS. The third kappa shape index (κ3) is 3.02. The molecule has 0 unspecified atom stereocenters. The summed E-state index contributed by atoms with van der Waals surface area (Å²) in [4.78, 5) is 9.59. The first-order chi connectivity index (χ1) is 12.2. The van der Waals surface area contributed by atoms with E-state index in [1.165, 1.54) is 4.70 Å². The Balaban J connectivity index is 1.53. The van der Waals surface area contributed by atoms with Crippen LogP contribution in [0.2, 0.25) is 5.02 Å². The lowest BCUT2D eigenvalue weighted by Gasteiger charge is -2.36. The Morgan fingerprint density at radius 2 is 1.76 bits per heavy atom. The SMILES string of the molecule is COc1ccccc1N1CCN(c2nc3c(C)c(Cl)ccc3s2)CC1. The van der Waals surface area contributed by atoms with Gasteiger partial charge in [0.2, 0.25) is 0 Å². The highest BCUT2D eigenvalue weighted by atomic mass is 35.5. The highest BCUT2D eigenvalue weighted by molar-refractivity contribution is 7.22. The second-order valence-electron chi connectivity index (χ2n) is 6.16. The molecule has 1 aliphatic heterocycles. The van der Waals surface area contributed by atoms with Crippen LogP contribution in [0.25, 0.3) is 10.2 Å². The smallest absolute Gasteiger partial charge is 0.186 e. The molecule has 3 aromatic rings. The van der Waals surface area contributed by atoms with Crippen molar-refractivity contribution in [2.24, 2.45) is 0 Å². The minimum Gasteiger partial charge on any atom is -0.495 e. The molecule has 4 nitrogen and oxygen atoms in total. The predicted octanol–water partition coefficient (Wildman–Crippen LogP) is 4.59. The van der Waals surface area contributed by atoms with Gasteiger partial charge in [-0.3, -0.25) is 0 Å². The highest BCUT2D eigenvalue weighted by Crippen LogP contribution is 2.35. The van der Waals surface area contributed by atoms with Crippen LogP contribution in [-0.4, -0.2) is 38.3 Å². The van der Waals surface area contributed by atoms with Gasteiger partial charge in [0.25, 0.3) is 0 Å². The molecule has 4 rings (SSSR count). The summed E-state index contributed by atoms with van der Waals surface area (Å²) in [5, 5.41) is 1.87. The number of halogens is 1. The molecule has 0 radical (unpaired) electrons. The van der Waals surface area contributed by atoms with Gasteiger partial charge < -0.3 is 14.5 Å². The van der Waals surface area contributed by atoms with Gasteiger partial charge in [-0.05, 0) is 36.8 Å². The van der Waals surface area contributed by atoms with Crippen molar-refractivity contribution in [1.82, 2.24) is 4.98 Å². The van der Waals surface area contributed by atoms with Gasteiger partial charge in [0, 0.05) is 31.2 Å². The summed E-state index contributed by atoms with van der Waals surface area (Å²) in [6.07, 6.45) is 0. The zero-order chi connectivity index (χ0) is 17.4. The minimum atomic E-state index is 0.783. The van der Waals surface area contributed by atoms with E-state index in [1.807, 2.05) is 25.1 Å². The average Bonchev–Trinajstić information content (AvgIpc) is 3.10. The van der Waals surface area contributed by atoms with E-state index in [0.717, 1.165) is 58.9 Å². The molecule has 0 spiro atoms. The molecule has 2 aromatic carbocycles. The molecule has 130 valence electrons. The molecule has 6 heteroatoms. The maximum absolute atomic E-state index is 6.23. The van der Waals surface area contributed by atoms with Crippen molar-refractivity contribution in [2.75, 3.05) is 43.1 Å². The fourth-order valence-corrected chi connectivity index (χ4v) is 4.48. The molecule has 25 heavy (non-hydrogen) atoms. The monoisotopic (exact) mass is 373 g/mol. The Labute approximate surface area is 156 Å². The van der Waals surface area contributed by atoms with Crippen molar-refractivity contribution >= 4 is 44.0 Å². The Kier molecular flexibility index (Phi) is 4.44. The first kappa shape index (κ1) is 16.5. The number of methoxy groups -OCH3 is 1. The number of para-hydroxylation sites is 2. The van der Waals surface area contributed by atoms with Crippen LogP contribution in [-0.2, 0) is 0 Å². The van der Waals surface area contributed by atoms with Crippen molar-refractivity contribution in [1.29, 1.82) is 0 Å². The van der Waals surface area contributed by atoms with E-state index in [0.29, 0.717) is 0 Å². The third-order valence-corrected chi connectivity index (χ3v) is 6.20. The molecule has 2 heterocycles. The van der Waals surface area contributed by atoms with Crippen LogP contribution < -0.4 is 14.5 Å². The van der Waals surface area contributed by atoms with Crippen LogP contribution >= 0.6 is 22.9 Å². The zero-order valence-electron chi connectivity index (χ0n) is 14.3. The van der Waals surface area contributed by atoms with E-state index in [1.54, 1.807) is 18.4 Å². The molecule has 1 fully saturated rings. The van der Waals surface area contributed by atoms with Crippen LogP contribution in [0.1, 0.15) is 5.56 Å². The van der Waals surface area contributed by atoms with Gasteiger partial charge in [0.1, 0.15) is 5.75 Å². The lowest BCUT2D eigenvalue weighted by Crippen LogP contribution is -2.46. The van der Waals surface area contributed by atoms with Gasteiger partial charge in [-0.2, -0.15) is 0 Å². The van der Waals surface area contributed by atoms with Crippen LogP contribution in [0.15, 0.2) is 36.4 Å². The van der Waals surface area contributed by atoms with Crippen LogP contribution in [0.5, 0.6) is 5.75 Å². The first-order valence-electron chi connectivity index (χ1n) is 8.36. The maximum Gasteiger partial charge on any atom is 0.186 e. The summed E-state index contributed by atoms with van der Waals surface area (Å²) >= 11 is 7.98. The van der Waals surface area contributed by atoms with Crippen LogP contribution in [0.3, 0.4) is 0 Å². The van der Waals surface area contributed by atoms with Gasteiger partial charge in [-0.15, -0.1) is 0 Å². The first-order valence-corrected chi connectivity index (χ1v) is 9.55. The normalized spacial score (nSPS) is 15.0. The number of anilines is 2. The molecule has 1 aromatic heterocycles. The zero-order valence-corrected chi connectivity index (χ0v) is 15.9. The van der Waals surface area contributed by atoms with Crippen molar-refractivity contribution < 1.29 is 4.74 Å². The molecule has 0 N–H and O–H groups in total. The Morgan fingerprint density at radius 1 is 1.04 bits per heavy atom. The molecule has 0 atom stereocenters. The van der Waals surface area contributed by atoms with E-state index in [2.05, 4.69) is 28.0 Å². The van der Waals surface area contributed by atoms with Crippen molar-refractivity contribution in [3.8, 4) is 5.75 Å². The number of fused-ring (bicyclic) bond motifs is 1. The number of thiazole rings is 1. The average molecular weight is 374 g/mol. The van der Waals surface area contributed by atoms with Gasteiger partial charge in [-0.25, -0.2) is 4.98 Å². The number of rotatable bonds is 3. The van der Waals surface area contributed by atoms with E-state index < -0.39 is 0 Å². The number of hydrogen-bond donors (Lipinski definition) is 0. The molecule has 0 saturated carbocycles. The number of hydrogen-bond acceptors (Lipinski definition) is 5. The molecule has 0 amide bonds. The van der Waals surface area contributed by atoms with E-state index in [-0.39, 0.29) is 0 Å². The highest BCUT2D eigenvalue weighted by Gasteiger charge is 2.22. The van der Waals surface area contributed by atoms with Crippen molar-refractivity contribution in [3.05, 3.63) is 47.0 Å². The fraction of sp³-hybridized carbons (Fsp3) is 0.316. The van der Waals surface area contributed by atoms with Gasteiger partial charge >= 0.3 is 0 Å². The number of ether oxygens (including phenoxy) is 1. The Morgan fingerprint density at radius 3 is 2.52 bits per heavy atom. The predicted molar refractivity (Wildman–Crippen MR) is 107 cm³/mol. The largest absolute Gasteiger partial charge is 0.495 e. The standard InChI is InChI=1S/C19H20ClN3OS/c1-13-14(20)7-8-17-18(13)21-19(25-17)23-11-9-22(10-12-23)15-5-3-4-6-16(15)24-2/h3-8H,9-12H2,1-2H3. The fourth-order valence-electron chi connectivity index (χ4n) is 3.25. The molecular weight excluding hydrogens is 354 g/mol. The summed E-state index contributed by atoms with van der Waals surface area (Å²) in [6.45, 7) is 5.84. The summed E-state index contributed by atoms with van der Waals surface area (Å²) in [7, 11) is 1.73. The maximum atomic E-state index is 6.23. The number of aromatic nitrogens is 1. The summed E-state index contributed by atoms with van der Waals surface area (Å²) in [6, 6.07) is 12.2. The number of benzene rings is 2. The minimum absolute atomic E-state index is 0.783. The third-order valence-electron chi connectivity index (χ3n) is 4.71. The molecule has 1 aliphatic rings. The van der Waals surface area contributed by atoms with Crippen LogP contribution in [0.4, 0.5) is 10.8 Å². The topological polar surface area (TPSA) is 28.6 Å². The number of aryl methyl sites for hydroxylation is 1. The van der Waals surface area contributed by atoms with Gasteiger partial charge in [0.05, 0.1) is 23.0 Å². The summed E-state index contributed by atoms with van der Waals surface area (Å²) in [5.41, 5.74) is 3.26. The van der Waals surface area contributed by atoms with Crippen molar-refractivity contribution in [3.63, 3.8) is 0 Å². The number of nitrogens with zero attached hydrogens (tertiary/aromatic N) is 3. The molecule has 0 aliphatic carbocycles. The van der Waals surface area contributed by atoms with E-state index in [9.17, 15) is 0 Å². The lowest BCUT2D eigenvalue weighted by atomic mass is 10.2. The Hall–Kier alpha value is -1.98. The van der Waals surface area contributed by atoms with E-state index in [4.69, 9.17) is 21.3 Å². The second-order valence-corrected chi connectivity index (χ2v) is 7.58. The molecule has 0 bridgehead atoms. The summed E-state index contributed by atoms with van der Waals surface area (Å²) < 4.78 is 6.69. The lowest BCUT2D eigenvalue weighted by molar-refractivity contribution is 0.413. The van der Waals surface area contributed by atoms with Crippen LogP contribution in [0, 0.1) is 6.92 Å². The Bertz CT molecular complexity index is 903. The van der Waals surface area contributed by atoms with E-state index >= 15 is 0 Å². The van der Waals surface area contributed by atoms with Gasteiger partial charge in [0.15, 0.2) is 5.13 Å².